The number of methoxy groups -OCH3 is 1. The molecule has 7 heteroatoms. The summed E-state index contributed by atoms with van der Waals surface area (Å²) in [6, 6.07) is 0. The average molecular weight is 411 g/mol. The Morgan fingerprint density at radius 3 is 2.48 bits per heavy atom. The first-order chi connectivity index (χ1) is 13.5. The minimum Gasteiger partial charge on any atom is -0.469 e. The first kappa shape index (κ1) is 21.2. The third kappa shape index (κ3) is 3.26. The second kappa shape index (κ2) is 7.02. The normalized spacial score (nSPS) is 43.7. The third-order valence-electron chi connectivity index (χ3n) is 7.01. The number of hydrogen-bond donors (Lipinski definition) is 0. The first-order valence-electron chi connectivity index (χ1n) is 10.6. The summed E-state index contributed by atoms with van der Waals surface area (Å²) in [5.74, 6) is -2.09. The van der Waals surface area contributed by atoms with Crippen molar-refractivity contribution in [3.05, 3.63) is 12.2 Å². The van der Waals surface area contributed by atoms with Crippen LogP contribution in [0.1, 0.15) is 53.9 Å². The predicted octanol–water partition coefficient (Wildman–Crippen LogP) is 3.17. The third-order valence-corrected chi connectivity index (χ3v) is 7.01. The smallest absolute Gasteiger partial charge is 0.309 e. The molecule has 4 rings (SSSR count). The molecule has 4 aliphatic rings. The summed E-state index contributed by atoms with van der Waals surface area (Å²) >= 11 is 0. The molecule has 7 nitrogen and oxygen atoms in total. The molecule has 4 fully saturated rings. The molecular formula is C22H34O7. The lowest BCUT2D eigenvalue weighted by Crippen LogP contribution is -2.53. The van der Waals surface area contributed by atoms with Crippen molar-refractivity contribution in [2.45, 2.75) is 90.1 Å². The molecule has 0 unspecified atom stereocenters. The largest absolute Gasteiger partial charge is 0.469 e. The highest BCUT2D eigenvalue weighted by Gasteiger charge is 2.71. The standard InChI is InChI=1S/C22H34O7/c1-8-13(18(23)24-7)15-12(2)9-10-22(15)16(14-11-25-20(3,4)27-14)26-19-17(22)28-21(5,6)29-19/h13-17,19H,2,8-11H2,1,3-7H3/t13-,14+,15+,16+,17-,19+,22+/m0/s1. The minimum atomic E-state index is -0.749. The highest BCUT2D eigenvalue weighted by Crippen LogP contribution is 2.63. The molecule has 0 aromatic heterocycles. The van der Waals surface area contributed by atoms with E-state index < -0.39 is 23.3 Å². The Morgan fingerprint density at radius 1 is 1.17 bits per heavy atom. The summed E-state index contributed by atoms with van der Waals surface area (Å²) < 4.78 is 36.2. The van der Waals surface area contributed by atoms with Gasteiger partial charge in [-0.25, -0.2) is 0 Å². The number of carbonyl (C=O) groups is 1. The van der Waals surface area contributed by atoms with Gasteiger partial charge in [-0.1, -0.05) is 19.1 Å². The summed E-state index contributed by atoms with van der Waals surface area (Å²) in [4.78, 5) is 12.7. The van der Waals surface area contributed by atoms with Gasteiger partial charge in [0.25, 0.3) is 0 Å². The van der Waals surface area contributed by atoms with Crippen molar-refractivity contribution in [1.82, 2.24) is 0 Å². The molecule has 0 amide bonds. The van der Waals surface area contributed by atoms with E-state index >= 15 is 0 Å². The van der Waals surface area contributed by atoms with E-state index in [0.29, 0.717) is 13.0 Å². The van der Waals surface area contributed by atoms with Crippen LogP contribution in [0.4, 0.5) is 0 Å². The molecular weight excluding hydrogens is 376 g/mol. The Labute approximate surface area is 173 Å². The van der Waals surface area contributed by atoms with Crippen molar-refractivity contribution in [2.24, 2.45) is 17.3 Å². The van der Waals surface area contributed by atoms with Gasteiger partial charge in [-0.15, -0.1) is 0 Å². The van der Waals surface area contributed by atoms with Gasteiger partial charge in [-0.05, 0) is 47.0 Å². The van der Waals surface area contributed by atoms with Crippen molar-refractivity contribution in [2.75, 3.05) is 13.7 Å². The second-order valence-electron chi connectivity index (χ2n) is 9.63. The maximum atomic E-state index is 12.7. The molecule has 0 radical (unpaired) electrons. The van der Waals surface area contributed by atoms with Gasteiger partial charge in [0.2, 0.25) is 0 Å². The zero-order chi connectivity index (χ0) is 21.2. The zero-order valence-corrected chi connectivity index (χ0v) is 18.4. The minimum absolute atomic E-state index is 0.134. The highest BCUT2D eigenvalue weighted by atomic mass is 16.8. The Morgan fingerprint density at radius 2 is 1.90 bits per heavy atom. The summed E-state index contributed by atoms with van der Waals surface area (Å²) in [6.45, 7) is 14.4. The maximum absolute atomic E-state index is 12.7. The van der Waals surface area contributed by atoms with Crippen LogP contribution in [-0.4, -0.2) is 55.9 Å². The molecule has 0 N–H and O–H groups in total. The Balaban J connectivity index is 1.77. The van der Waals surface area contributed by atoms with Crippen LogP contribution in [0.5, 0.6) is 0 Å². The van der Waals surface area contributed by atoms with Gasteiger partial charge < -0.3 is 28.4 Å². The van der Waals surface area contributed by atoms with Crippen LogP contribution in [0.15, 0.2) is 12.2 Å². The van der Waals surface area contributed by atoms with Crippen molar-refractivity contribution < 1.29 is 33.2 Å². The lowest BCUT2D eigenvalue weighted by molar-refractivity contribution is -0.241. The van der Waals surface area contributed by atoms with E-state index in [-0.39, 0.29) is 36.1 Å². The van der Waals surface area contributed by atoms with Crippen molar-refractivity contribution in [3.63, 3.8) is 0 Å². The highest BCUT2D eigenvalue weighted by molar-refractivity contribution is 5.73. The molecule has 3 saturated heterocycles. The number of hydrogen-bond acceptors (Lipinski definition) is 7. The van der Waals surface area contributed by atoms with Crippen LogP contribution in [0.25, 0.3) is 0 Å². The summed E-state index contributed by atoms with van der Waals surface area (Å²) in [5.41, 5.74) is 0.557. The van der Waals surface area contributed by atoms with Crippen molar-refractivity contribution in [1.29, 1.82) is 0 Å². The van der Waals surface area contributed by atoms with Crippen molar-refractivity contribution >= 4 is 5.97 Å². The molecule has 0 aromatic carbocycles. The van der Waals surface area contributed by atoms with Gasteiger partial charge in [0, 0.05) is 11.3 Å². The second-order valence-corrected chi connectivity index (χ2v) is 9.63. The summed E-state index contributed by atoms with van der Waals surface area (Å²) in [7, 11) is 1.44. The number of carbonyl (C=O) groups excluding carboxylic acids is 1. The molecule has 164 valence electrons. The number of allylic oxidation sites excluding steroid dienone is 1. The zero-order valence-electron chi connectivity index (χ0n) is 18.4. The number of esters is 1. The van der Waals surface area contributed by atoms with Crippen LogP contribution in [-0.2, 0) is 33.2 Å². The fourth-order valence-electron chi connectivity index (χ4n) is 5.98. The number of rotatable bonds is 4. The van der Waals surface area contributed by atoms with E-state index in [2.05, 4.69) is 6.58 Å². The van der Waals surface area contributed by atoms with Crippen LogP contribution in [0, 0.1) is 17.3 Å². The summed E-state index contributed by atoms with van der Waals surface area (Å²) in [5, 5.41) is 0. The quantitative estimate of drug-likeness (QED) is 0.521. The molecule has 0 aromatic rings. The van der Waals surface area contributed by atoms with Crippen LogP contribution < -0.4 is 0 Å². The van der Waals surface area contributed by atoms with E-state index in [0.717, 1.165) is 18.4 Å². The SMILES string of the molecule is C=C1CC[C@]2([C@@H]([C@H]3COC(C)(C)O3)O[C@@H]3OC(C)(C)O[C@@H]32)[C@H]1[C@H](CC)C(=O)OC. The Hall–Kier alpha value is -0.990. The average Bonchev–Trinajstić information content (AvgIpc) is 3.33. The van der Waals surface area contributed by atoms with Crippen molar-refractivity contribution in [3.8, 4) is 0 Å². The fourth-order valence-corrected chi connectivity index (χ4v) is 5.98. The Kier molecular flexibility index (Phi) is 5.15. The molecule has 29 heavy (non-hydrogen) atoms. The fraction of sp³-hybridized carbons (Fsp3) is 0.864. The molecule has 7 atom stereocenters. The van der Waals surface area contributed by atoms with E-state index in [1.54, 1.807) is 0 Å². The maximum Gasteiger partial charge on any atom is 0.309 e. The van der Waals surface area contributed by atoms with Crippen LogP contribution in [0.3, 0.4) is 0 Å². The van der Waals surface area contributed by atoms with Gasteiger partial charge in [-0.2, -0.15) is 0 Å². The topological polar surface area (TPSA) is 72.5 Å². The molecule has 1 saturated carbocycles. The number of ether oxygens (including phenoxy) is 6. The molecule has 3 heterocycles. The van der Waals surface area contributed by atoms with Gasteiger partial charge in [0.15, 0.2) is 17.9 Å². The molecule has 1 aliphatic carbocycles. The van der Waals surface area contributed by atoms with E-state index in [1.165, 1.54) is 7.11 Å². The van der Waals surface area contributed by atoms with E-state index in [9.17, 15) is 4.79 Å². The number of fused-ring (bicyclic) bond motifs is 2. The Bertz CT molecular complexity index is 687. The van der Waals surface area contributed by atoms with E-state index in [4.69, 9.17) is 28.4 Å². The van der Waals surface area contributed by atoms with Gasteiger partial charge in [-0.3, -0.25) is 4.79 Å². The molecule has 0 bridgehead atoms. The van der Waals surface area contributed by atoms with Gasteiger partial charge in [0.1, 0.15) is 12.2 Å². The molecule has 3 aliphatic heterocycles. The van der Waals surface area contributed by atoms with E-state index in [1.807, 2.05) is 34.6 Å². The lowest BCUT2D eigenvalue weighted by atomic mass is 9.63. The first-order valence-corrected chi connectivity index (χ1v) is 10.6. The lowest BCUT2D eigenvalue weighted by Gasteiger charge is -2.43. The predicted molar refractivity (Wildman–Crippen MR) is 104 cm³/mol. The van der Waals surface area contributed by atoms with Crippen LogP contribution in [0.2, 0.25) is 0 Å². The van der Waals surface area contributed by atoms with Crippen LogP contribution >= 0.6 is 0 Å². The molecule has 1 spiro atoms. The van der Waals surface area contributed by atoms with Gasteiger partial charge in [0.05, 0.1) is 25.7 Å². The summed E-state index contributed by atoms with van der Waals surface area (Å²) in [6.07, 6.45) is 0.855. The van der Waals surface area contributed by atoms with Gasteiger partial charge >= 0.3 is 5.97 Å². The monoisotopic (exact) mass is 410 g/mol.